The van der Waals surface area contributed by atoms with Crippen LogP contribution in [0.5, 0.6) is 0 Å². The molecule has 0 aromatic rings. The number of rotatable bonds is 1. The molecular formula is C7H12O2S. The van der Waals surface area contributed by atoms with Crippen molar-refractivity contribution in [3.05, 3.63) is 0 Å². The average molecular weight is 160 g/mol. The van der Waals surface area contributed by atoms with Crippen molar-refractivity contribution in [2.75, 3.05) is 6.61 Å². The number of thioether (sulfide) groups is 1. The highest BCUT2D eigenvalue weighted by Crippen LogP contribution is 2.26. The zero-order chi connectivity index (χ0) is 7.56. The van der Waals surface area contributed by atoms with Crippen molar-refractivity contribution in [1.82, 2.24) is 0 Å². The molecular weight excluding hydrogens is 148 g/mol. The van der Waals surface area contributed by atoms with Crippen LogP contribution in [0, 0.1) is 0 Å². The monoisotopic (exact) mass is 160 g/mol. The second-order valence-electron chi connectivity index (χ2n) is 2.51. The van der Waals surface area contributed by atoms with E-state index in [-0.39, 0.29) is 11.2 Å². The van der Waals surface area contributed by atoms with Crippen LogP contribution >= 0.6 is 11.8 Å². The molecule has 0 N–H and O–H groups in total. The van der Waals surface area contributed by atoms with Crippen LogP contribution in [-0.4, -0.2) is 23.1 Å². The summed E-state index contributed by atoms with van der Waals surface area (Å²) >= 11 is 1.41. The minimum Gasteiger partial charge on any atom is -0.377 e. The fraction of sp³-hybridized carbons (Fsp3) is 0.857. The summed E-state index contributed by atoms with van der Waals surface area (Å²) in [6, 6.07) is 0. The van der Waals surface area contributed by atoms with Crippen LogP contribution in [-0.2, 0) is 9.53 Å². The maximum Gasteiger partial charge on any atom is 0.186 e. The summed E-state index contributed by atoms with van der Waals surface area (Å²) in [5.74, 6) is 0. The van der Waals surface area contributed by atoms with Gasteiger partial charge in [0.25, 0.3) is 0 Å². The van der Waals surface area contributed by atoms with Crippen molar-refractivity contribution >= 4 is 16.9 Å². The third kappa shape index (κ3) is 1.99. The van der Waals surface area contributed by atoms with Gasteiger partial charge in [-0.1, -0.05) is 11.8 Å². The molecule has 0 aromatic carbocycles. The van der Waals surface area contributed by atoms with Gasteiger partial charge in [-0.05, 0) is 13.3 Å². The van der Waals surface area contributed by atoms with E-state index in [0.29, 0.717) is 5.25 Å². The van der Waals surface area contributed by atoms with E-state index >= 15 is 0 Å². The first-order valence-corrected chi connectivity index (χ1v) is 4.37. The van der Waals surface area contributed by atoms with Gasteiger partial charge in [-0.2, -0.15) is 0 Å². The van der Waals surface area contributed by atoms with E-state index in [1.165, 1.54) is 11.8 Å². The Balaban J connectivity index is 2.33. The van der Waals surface area contributed by atoms with Crippen LogP contribution < -0.4 is 0 Å². The van der Waals surface area contributed by atoms with Crippen molar-refractivity contribution in [2.45, 2.75) is 31.6 Å². The Labute approximate surface area is 65.3 Å². The van der Waals surface area contributed by atoms with E-state index < -0.39 is 0 Å². The molecule has 0 amide bonds. The third-order valence-electron chi connectivity index (χ3n) is 1.62. The lowest BCUT2D eigenvalue weighted by molar-refractivity contribution is -0.109. The number of ether oxygens (including phenoxy) is 1. The molecule has 2 nitrogen and oxygen atoms in total. The summed E-state index contributed by atoms with van der Waals surface area (Å²) in [5, 5.41) is 0.597. The lowest BCUT2D eigenvalue weighted by Crippen LogP contribution is -2.14. The van der Waals surface area contributed by atoms with E-state index in [0.717, 1.165) is 13.0 Å². The van der Waals surface area contributed by atoms with Gasteiger partial charge in [-0.3, -0.25) is 4.79 Å². The zero-order valence-corrected chi connectivity index (χ0v) is 7.11. The van der Waals surface area contributed by atoms with Crippen LogP contribution in [0.15, 0.2) is 0 Å². The first-order chi connectivity index (χ1) is 4.70. The largest absolute Gasteiger partial charge is 0.377 e. The molecule has 1 rings (SSSR count). The standard InChI is InChI=1S/C7H12O2S/c1-5-7(3-4-9-5)10-6(2)8/h5,7H,3-4H2,1-2H3/t5-,7+/m1/s1. The summed E-state index contributed by atoms with van der Waals surface area (Å²) in [5.41, 5.74) is 0. The molecule has 3 heteroatoms. The van der Waals surface area contributed by atoms with Gasteiger partial charge in [0.15, 0.2) is 5.12 Å². The van der Waals surface area contributed by atoms with Gasteiger partial charge in [0.1, 0.15) is 0 Å². The molecule has 1 heterocycles. The lowest BCUT2D eigenvalue weighted by Gasteiger charge is -2.09. The van der Waals surface area contributed by atoms with Crippen LogP contribution in [0.1, 0.15) is 20.3 Å². The van der Waals surface area contributed by atoms with Crippen molar-refractivity contribution in [2.24, 2.45) is 0 Å². The first-order valence-electron chi connectivity index (χ1n) is 3.49. The van der Waals surface area contributed by atoms with E-state index in [1.807, 2.05) is 6.92 Å². The normalized spacial score (nSPS) is 32.6. The smallest absolute Gasteiger partial charge is 0.186 e. The highest BCUT2D eigenvalue weighted by atomic mass is 32.2. The molecule has 10 heavy (non-hydrogen) atoms. The van der Waals surface area contributed by atoms with Crippen LogP contribution in [0.2, 0.25) is 0 Å². The maximum atomic E-state index is 10.7. The Morgan fingerprint density at radius 3 is 2.80 bits per heavy atom. The molecule has 58 valence electrons. The quantitative estimate of drug-likeness (QED) is 0.580. The molecule has 0 bridgehead atoms. The molecule has 1 saturated heterocycles. The van der Waals surface area contributed by atoms with Crippen molar-refractivity contribution < 1.29 is 9.53 Å². The van der Waals surface area contributed by atoms with Gasteiger partial charge in [-0.25, -0.2) is 0 Å². The Hall–Kier alpha value is -0.0200. The van der Waals surface area contributed by atoms with E-state index in [9.17, 15) is 4.79 Å². The predicted molar refractivity (Wildman–Crippen MR) is 42.1 cm³/mol. The second-order valence-corrected chi connectivity index (χ2v) is 3.93. The number of carbonyl (C=O) groups excluding carboxylic acids is 1. The number of hydrogen-bond acceptors (Lipinski definition) is 3. The van der Waals surface area contributed by atoms with Crippen LogP contribution in [0.4, 0.5) is 0 Å². The fourth-order valence-corrected chi connectivity index (χ4v) is 1.99. The number of carbonyl (C=O) groups is 1. The van der Waals surface area contributed by atoms with Crippen molar-refractivity contribution in [3.63, 3.8) is 0 Å². The second kappa shape index (κ2) is 3.39. The fourth-order valence-electron chi connectivity index (χ4n) is 1.08. The van der Waals surface area contributed by atoms with Gasteiger partial charge in [-0.15, -0.1) is 0 Å². The molecule has 0 spiro atoms. The molecule has 0 aliphatic carbocycles. The Morgan fingerprint density at radius 1 is 1.70 bits per heavy atom. The molecule has 1 aliphatic heterocycles. The molecule has 0 saturated carbocycles. The minimum absolute atomic E-state index is 0.197. The van der Waals surface area contributed by atoms with Gasteiger partial charge >= 0.3 is 0 Å². The van der Waals surface area contributed by atoms with Crippen LogP contribution in [0.25, 0.3) is 0 Å². The average Bonchev–Trinajstić information content (AvgIpc) is 2.15. The van der Waals surface area contributed by atoms with Crippen molar-refractivity contribution in [3.8, 4) is 0 Å². The summed E-state index contributed by atoms with van der Waals surface area (Å²) in [6.45, 7) is 4.44. The van der Waals surface area contributed by atoms with Gasteiger partial charge in [0.2, 0.25) is 0 Å². The van der Waals surface area contributed by atoms with Gasteiger partial charge in [0.05, 0.1) is 6.10 Å². The number of hydrogen-bond donors (Lipinski definition) is 0. The minimum atomic E-state index is 0.197. The Morgan fingerprint density at radius 2 is 2.40 bits per heavy atom. The third-order valence-corrected chi connectivity index (χ3v) is 2.88. The first kappa shape index (κ1) is 8.08. The van der Waals surface area contributed by atoms with E-state index in [4.69, 9.17) is 4.74 Å². The topological polar surface area (TPSA) is 26.3 Å². The predicted octanol–water partition coefficient (Wildman–Crippen LogP) is 1.44. The van der Waals surface area contributed by atoms with Crippen molar-refractivity contribution in [1.29, 1.82) is 0 Å². The van der Waals surface area contributed by atoms with E-state index in [2.05, 4.69) is 0 Å². The zero-order valence-electron chi connectivity index (χ0n) is 6.29. The van der Waals surface area contributed by atoms with Crippen LogP contribution in [0.3, 0.4) is 0 Å². The lowest BCUT2D eigenvalue weighted by atomic mass is 10.3. The summed E-state index contributed by atoms with van der Waals surface area (Å²) < 4.78 is 5.29. The molecule has 1 aliphatic rings. The summed E-state index contributed by atoms with van der Waals surface area (Å²) in [6.07, 6.45) is 1.28. The summed E-state index contributed by atoms with van der Waals surface area (Å²) in [7, 11) is 0. The molecule has 0 unspecified atom stereocenters. The maximum absolute atomic E-state index is 10.7. The van der Waals surface area contributed by atoms with Gasteiger partial charge in [0, 0.05) is 18.8 Å². The SMILES string of the molecule is CC(=O)S[C@H]1CCO[C@@H]1C. The Bertz CT molecular complexity index is 136. The molecule has 0 radical (unpaired) electrons. The molecule has 0 aromatic heterocycles. The molecule has 2 atom stereocenters. The molecule has 1 fully saturated rings. The Kier molecular flexibility index (Phi) is 2.74. The highest BCUT2D eigenvalue weighted by molar-refractivity contribution is 8.14. The van der Waals surface area contributed by atoms with E-state index in [1.54, 1.807) is 6.92 Å². The van der Waals surface area contributed by atoms with Gasteiger partial charge < -0.3 is 4.74 Å². The highest BCUT2D eigenvalue weighted by Gasteiger charge is 2.25. The summed E-state index contributed by atoms with van der Waals surface area (Å²) in [4.78, 5) is 10.7.